The fraction of sp³-hybridized carbons (Fsp3) is 0.667. The van der Waals surface area contributed by atoms with Crippen molar-refractivity contribution in [3.8, 4) is 0 Å². The fourth-order valence-corrected chi connectivity index (χ4v) is 0.651. The molecule has 0 rings (SSSR count). The quantitative estimate of drug-likeness (QED) is 0.569. The van der Waals surface area contributed by atoms with E-state index < -0.39 is 0 Å². The lowest BCUT2D eigenvalue weighted by atomic mass is 10.3. The van der Waals surface area contributed by atoms with Crippen LogP contribution in [0.4, 0.5) is 0 Å². The van der Waals surface area contributed by atoms with Crippen LogP contribution >= 0.6 is 23.2 Å². The molecule has 0 aromatic heterocycles. The molecule has 0 heterocycles. The molecule has 0 aromatic rings. The molecule has 0 fully saturated rings. The molecule has 0 nitrogen and oxygen atoms in total. The van der Waals surface area contributed by atoms with Crippen molar-refractivity contribution in [2.45, 2.75) is 26.7 Å². The van der Waals surface area contributed by atoms with Crippen molar-refractivity contribution >= 4 is 23.2 Å². The first kappa shape index (κ1) is 8.32. The van der Waals surface area contributed by atoms with Gasteiger partial charge in [0.2, 0.25) is 0 Å². The Balaban J connectivity index is 3.83. The van der Waals surface area contributed by atoms with Crippen LogP contribution in [0.3, 0.4) is 0 Å². The average molecular weight is 153 g/mol. The summed E-state index contributed by atoms with van der Waals surface area (Å²) in [4.78, 5) is 0. The maximum absolute atomic E-state index is 5.66. The molecule has 0 unspecified atom stereocenters. The summed E-state index contributed by atoms with van der Waals surface area (Å²) in [6.07, 6.45) is 1.68. The molecule has 0 amide bonds. The van der Waals surface area contributed by atoms with Crippen molar-refractivity contribution in [3.05, 3.63) is 10.1 Å². The van der Waals surface area contributed by atoms with Gasteiger partial charge in [0.1, 0.15) is 0 Å². The molecule has 0 aliphatic carbocycles. The van der Waals surface area contributed by atoms with E-state index in [1.165, 1.54) is 0 Å². The van der Waals surface area contributed by atoms with Crippen molar-refractivity contribution in [2.24, 2.45) is 0 Å². The third-order valence-corrected chi connectivity index (χ3v) is 2.00. The van der Waals surface area contributed by atoms with E-state index in [2.05, 4.69) is 0 Å². The summed E-state index contributed by atoms with van der Waals surface area (Å²) in [5, 5.41) is 1.57. The van der Waals surface area contributed by atoms with Crippen LogP contribution in [0.1, 0.15) is 26.7 Å². The predicted octanol–water partition coefficient (Wildman–Crippen LogP) is 3.50. The molecule has 0 atom stereocenters. The second-order valence-electron chi connectivity index (χ2n) is 1.52. The number of halogens is 2. The number of rotatable bonds is 2. The Kier molecular flexibility index (Phi) is 4.39. The third-order valence-electron chi connectivity index (χ3n) is 0.915. The van der Waals surface area contributed by atoms with Gasteiger partial charge in [-0.1, -0.05) is 37.0 Å². The Hall–Kier alpha value is 0.320. The average Bonchev–Trinajstić information content (AvgIpc) is 1.84. The van der Waals surface area contributed by atoms with Crippen LogP contribution < -0.4 is 0 Å². The molecule has 0 spiro atoms. The molecule has 0 saturated carbocycles. The van der Waals surface area contributed by atoms with E-state index in [4.69, 9.17) is 23.2 Å². The van der Waals surface area contributed by atoms with Gasteiger partial charge in [-0.05, 0) is 12.8 Å². The molecule has 0 saturated heterocycles. The largest absolute Gasteiger partial charge is 0.0879 e. The predicted molar refractivity (Wildman–Crippen MR) is 39.3 cm³/mol. The smallest absolute Gasteiger partial charge is 0.0323 e. The van der Waals surface area contributed by atoms with E-state index in [-0.39, 0.29) is 0 Å². The number of hydrogen-bond donors (Lipinski definition) is 0. The zero-order chi connectivity index (χ0) is 6.57. The Morgan fingerprint density at radius 2 is 1.25 bits per heavy atom. The molecule has 48 valence electrons. The second kappa shape index (κ2) is 4.22. The highest BCUT2D eigenvalue weighted by atomic mass is 35.5. The normalized spacial score (nSPS) is 13.5. The van der Waals surface area contributed by atoms with E-state index >= 15 is 0 Å². The van der Waals surface area contributed by atoms with Gasteiger partial charge in [-0.2, -0.15) is 0 Å². The van der Waals surface area contributed by atoms with E-state index in [0.29, 0.717) is 0 Å². The topological polar surface area (TPSA) is 0 Å². The first-order valence-electron chi connectivity index (χ1n) is 2.75. The van der Waals surface area contributed by atoms with Crippen LogP contribution in [0.5, 0.6) is 0 Å². The zero-order valence-electron chi connectivity index (χ0n) is 5.17. The van der Waals surface area contributed by atoms with E-state index in [1.54, 1.807) is 0 Å². The molecule has 0 aromatic carbocycles. The Labute approximate surface area is 60.5 Å². The molecule has 8 heavy (non-hydrogen) atoms. The summed E-state index contributed by atoms with van der Waals surface area (Å²) >= 11 is 11.3. The molecule has 2 heteroatoms. The minimum Gasteiger partial charge on any atom is -0.0879 e. The molecule has 0 bridgehead atoms. The van der Waals surface area contributed by atoms with Crippen molar-refractivity contribution in [1.29, 1.82) is 0 Å². The van der Waals surface area contributed by atoms with Crippen LogP contribution in [0.2, 0.25) is 0 Å². The van der Waals surface area contributed by atoms with Gasteiger partial charge in [0.05, 0.1) is 0 Å². The van der Waals surface area contributed by atoms with E-state index in [0.717, 1.165) is 22.9 Å². The van der Waals surface area contributed by atoms with E-state index in [9.17, 15) is 0 Å². The van der Waals surface area contributed by atoms with Crippen LogP contribution in [-0.2, 0) is 0 Å². The lowest BCUT2D eigenvalue weighted by molar-refractivity contribution is 1.11. The van der Waals surface area contributed by atoms with E-state index in [1.807, 2.05) is 13.8 Å². The summed E-state index contributed by atoms with van der Waals surface area (Å²) in [5.41, 5.74) is 0. The standard InChI is InChI=1S/C6H10Cl2/c1-3-5(7)6(8)4-2/h3-4H2,1-2H3. The number of allylic oxidation sites excluding steroid dienone is 2. The molecule has 0 aliphatic heterocycles. The van der Waals surface area contributed by atoms with Crippen LogP contribution in [0, 0.1) is 0 Å². The minimum absolute atomic E-state index is 0.786. The van der Waals surface area contributed by atoms with Gasteiger partial charge in [0.15, 0.2) is 0 Å². The van der Waals surface area contributed by atoms with Gasteiger partial charge in [-0.25, -0.2) is 0 Å². The van der Waals surface area contributed by atoms with Crippen LogP contribution in [-0.4, -0.2) is 0 Å². The highest BCUT2D eigenvalue weighted by Crippen LogP contribution is 2.18. The van der Waals surface area contributed by atoms with Gasteiger partial charge in [-0.3, -0.25) is 0 Å². The number of hydrogen-bond acceptors (Lipinski definition) is 0. The minimum atomic E-state index is 0.786. The second-order valence-corrected chi connectivity index (χ2v) is 2.43. The van der Waals surface area contributed by atoms with Crippen molar-refractivity contribution < 1.29 is 0 Å². The summed E-state index contributed by atoms with van der Waals surface area (Å²) in [5.74, 6) is 0. The van der Waals surface area contributed by atoms with Gasteiger partial charge in [-0.15, -0.1) is 0 Å². The van der Waals surface area contributed by atoms with Gasteiger partial charge in [0, 0.05) is 10.1 Å². The Morgan fingerprint density at radius 1 is 1.00 bits per heavy atom. The summed E-state index contributed by atoms with van der Waals surface area (Å²) < 4.78 is 0. The molecule has 0 aliphatic rings. The Bertz CT molecular complexity index is 82.7. The van der Waals surface area contributed by atoms with Crippen molar-refractivity contribution in [2.75, 3.05) is 0 Å². The summed E-state index contributed by atoms with van der Waals surface area (Å²) in [7, 11) is 0. The highest BCUT2D eigenvalue weighted by Gasteiger charge is 1.93. The maximum Gasteiger partial charge on any atom is 0.0323 e. The summed E-state index contributed by atoms with van der Waals surface area (Å²) in [6, 6.07) is 0. The van der Waals surface area contributed by atoms with Gasteiger partial charge in [0.25, 0.3) is 0 Å². The van der Waals surface area contributed by atoms with Gasteiger partial charge >= 0.3 is 0 Å². The van der Waals surface area contributed by atoms with Crippen LogP contribution in [0.15, 0.2) is 10.1 Å². The third kappa shape index (κ3) is 2.58. The molecule has 0 N–H and O–H groups in total. The first-order chi connectivity index (χ1) is 3.72. The molecular weight excluding hydrogens is 143 g/mol. The summed E-state index contributed by atoms with van der Waals surface area (Å²) in [6.45, 7) is 3.97. The van der Waals surface area contributed by atoms with Crippen LogP contribution in [0.25, 0.3) is 0 Å². The zero-order valence-corrected chi connectivity index (χ0v) is 6.68. The van der Waals surface area contributed by atoms with Crippen molar-refractivity contribution in [3.63, 3.8) is 0 Å². The molecule has 0 radical (unpaired) electrons. The lowest BCUT2D eigenvalue weighted by Crippen LogP contribution is -1.72. The maximum atomic E-state index is 5.66. The fourth-order valence-electron chi connectivity index (χ4n) is 0.384. The molecular formula is C6H10Cl2. The van der Waals surface area contributed by atoms with Gasteiger partial charge < -0.3 is 0 Å². The Morgan fingerprint density at radius 3 is 1.38 bits per heavy atom. The SMILES string of the molecule is CCC(Cl)=C(Cl)CC. The van der Waals surface area contributed by atoms with Crippen molar-refractivity contribution in [1.82, 2.24) is 0 Å². The lowest BCUT2D eigenvalue weighted by Gasteiger charge is -1.94. The first-order valence-corrected chi connectivity index (χ1v) is 3.51. The monoisotopic (exact) mass is 152 g/mol. The highest BCUT2D eigenvalue weighted by molar-refractivity contribution is 6.39.